The summed E-state index contributed by atoms with van der Waals surface area (Å²) in [6.07, 6.45) is 2.38. The zero-order chi connectivity index (χ0) is 16.8. The van der Waals surface area contributed by atoms with Crippen molar-refractivity contribution in [1.29, 1.82) is 0 Å². The van der Waals surface area contributed by atoms with Gasteiger partial charge in [-0.2, -0.15) is 0 Å². The molecular formula is C17H21IN4O2S. The second kappa shape index (κ2) is 9.71. The molecule has 0 aliphatic carbocycles. The number of nitro benzene ring substituents is 1. The van der Waals surface area contributed by atoms with E-state index < -0.39 is 0 Å². The molecule has 0 unspecified atom stereocenters. The number of rotatable bonds is 5. The molecule has 1 fully saturated rings. The highest BCUT2D eigenvalue weighted by Gasteiger charge is 2.16. The molecule has 1 N–H and O–H groups in total. The van der Waals surface area contributed by atoms with Crippen LogP contribution in [-0.4, -0.2) is 28.9 Å². The van der Waals surface area contributed by atoms with Crippen LogP contribution >= 0.6 is 35.3 Å². The van der Waals surface area contributed by atoms with Crippen LogP contribution in [0.15, 0.2) is 46.8 Å². The maximum absolute atomic E-state index is 10.7. The van der Waals surface area contributed by atoms with Gasteiger partial charge < -0.3 is 10.2 Å². The van der Waals surface area contributed by atoms with Crippen LogP contribution in [0.4, 0.5) is 5.69 Å². The van der Waals surface area contributed by atoms with E-state index in [2.05, 4.69) is 21.7 Å². The van der Waals surface area contributed by atoms with Gasteiger partial charge in [0.2, 0.25) is 0 Å². The van der Waals surface area contributed by atoms with Crippen molar-refractivity contribution in [3.8, 4) is 0 Å². The first-order valence-electron chi connectivity index (χ1n) is 8.01. The molecule has 1 aliphatic rings. The molecule has 6 nitrogen and oxygen atoms in total. The van der Waals surface area contributed by atoms with Crippen molar-refractivity contribution in [2.24, 2.45) is 4.99 Å². The maximum Gasteiger partial charge on any atom is 0.269 e. The second-order valence-corrected chi connectivity index (χ2v) is 6.72. The van der Waals surface area contributed by atoms with Gasteiger partial charge in [-0.05, 0) is 29.9 Å². The standard InChI is InChI=1S/C17H20N4O2S.HI/c22-21(23)15-7-5-14(6-8-15)12-18-17(20-9-1-2-10-20)19-13-16-4-3-11-24-16;/h3-8,11H,1-2,9-10,12-13H2,(H,18,19);1H. The van der Waals surface area contributed by atoms with Crippen LogP contribution in [0.25, 0.3) is 0 Å². The van der Waals surface area contributed by atoms with Gasteiger partial charge >= 0.3 is 0 Å². The zero-order valence-electron chi connectivity index (χ0n) is 13.8. The Hall–Kier alpha value is -1.68. The third-order valence-electron chi connectivity index (χ3n) is 3.96. The van der Waals surface area contributed by atoms with Crippen LogP contribution < -0.4 is 5.32 Å². The van der Waals surface area contributed by atoms with Crippen LogP contribution in [0.3, 0.4) is 0 Å². The third kappa shape index (κ3) is 5.67. The Balaban J connectivity index is 0.00000225. The van der Waals surface area contributed by atoms with Gasteiger partial charge in [0.15, 0.2) is 5.96 Å². The van der Waals surface area contributed by atoms with Crippen molar-refractivity contribution >= 4 is 47.0 Å². The van der Waals surface area contributed by atoms with E-state index in [1.807, 2.05) is 6.07 Å². The fourth-order valence-corrected chi connectivity index (χ4v) is 3.31. The normalized spacial score (nSPS) is 14.2. The van der Waals surface area contributed by atoms with Gasteiger partial charge in [-0.25, -0.2) is 4.99 Å². The molecule has 0 saturated carbocycles. The molecule has 1 aromatic heterocycles. The van der Waals surface area contributed by atoms with Crippen LogP contribution in [-0.2, 0) is 13.1 Å². The first-order valence-corrected chi connectivity index (χ1v) is 8.89. The molecule has 0 atom stereocenters. The summed E-state index contributed by atoms with van der Waals surface area (Å²) in [5.41, 5.74) is 1.08. The van der Waals surface area contributed by atoms with Gasteiger partial charge in [-0.1, -0.05) is 18.2 Å². The summed E-state index contributed by atoms with van der Waals surface area (Å²) in [7, 11) is 0. The van der Waals surface area contributed by atoms with Crippen molar-refractivity contribution in [2.45, 2.75) is 25.9 Å². The smallest absolute Gasteiger partial charge is 0.269 e. The summed E-state index contributed by atoms with van der Waals surface area (Å²) in [5, 5.41) is 16.2. The molecule has 2 aromatic rings. The average Bonchev–Trinajstić information content (AvgIpc) is 3.29. The lowest BCUT2D eigenvalue weighted by Crippen LogP contribution is -2.39. The number of guanidine groups is 1. The van der Waals surface area contributed by atoms with Gasteiger partial charge in [0, 0.05) is 30.1 Å². The maximum atomic E-state index is 10.7. The van der Waals surface area contributed by atoms with Crippen molar-refractivity contribution in [1.82, 2.24) is 10.2 Å². The number of benzene rings is 1. The zero-order valence-corrected chi connectivity index (χ0v) is 16.9. The average molecular weight is 472 g/mol. The number of nitrogens with zero attached hydrogens (tertiary/aromatic N) is 3. The van der Waals surface area contributed by atoms with E-state index >= 15 is 0 Å². The summed E-state index contributed by atoms with van der Waals surface area (Å²) < 4.78 is 0. The van der Waals surface area contributed by atoms with Crippen molar-refractivity contribution in [3.05, 3.63) is 62.3 Å². The van der Waals surface area contributed by atoms with Crippen LogP contribution in [0, 0.1) is 10.1 Å². The molecule has 0 bridgehead atoms. The van der Waals surface area contributed by atoms with E-state index in [1.165, 1.54) is 29.9 Å². The van der Waals surface area contributed by atoms with Crippen LogP contribution in [0.1, 0.15) is 23.3 Å². The van der Waals surface area contributed by atoms with E-state index in [4.69, 9.17) is 4.99 Å². The Morgan fingerprint density at radius 2 is 1.96 bits per heavy atom. The van der Waals surface area contributed by atoms with Gasteiger partial charge in [-0.3, -0.25) is 10.1 Å². The highest BCUT2D eigenvalue weighted by molar-refractivity contribution is 14.0. The predicted molar refractivity (Wildman–Crippen MR) is 112 cm³/mol. The molecule has 1 saturated heterocycles. The van der Waals surface area contributed by atoms with E-state index in [0.29, 0.717) is 6.54 Å². The number of hydrogen-bond donors (Lipinski definition) is 1. The lowest BCUT2D eigenvalue weighted by atomic mass is 10.2. The highest BCUT2D eigenvalue weighted by atomic mass is 127. The minimum atomic E-state index is -0.384. The Labute approximate surface area is 168 Å². The molecular weight excluding hydrogens is 451 g/mol. The summed E-state index contributed by atoms with van der Waals surface area (Å²) in [4.78, 5) is 18.6. The summed E-state index contributed by atoms with van der Waals surface area (Å²) in [5.74, 6) is 0.916. The molecule has 0 amide bonds. The van der Waals surface area contributed by atoms with E-state index in [0.717, 1.165) is 31.2 Å². The second-order valence-electron chi connectivity index (χ2n) is 5.69. The number of aliphatic imine (C=N–C) groups is 1. The predicted octanol–water partition coefficient (Wildman–Crippen LogP) is 4.02. The molecule has 0 radical (unpaired) electrons. The minimum Gasteiger partial charge on any atom is -0.351 e. The Morgan fingerprint density at radius 3 is 2.56 bits per heavy atom. The number of likely N-dealkylation sites (tertiary alicyclic amines) is 1. The molecule has 1 aromatic carbocycles. The topological polar surface area (TPSA) is 70.8 Å². The molecule has 134 valence electrons. The van der Waals surface area contributed by atoms with Crippen LogP contribution in [0.5, 0.6) is 0 Å². The number of thiophene rings is 1. The van der Waals surface area contributed by atoms with Gasteiger partial charge in [0.25, 0.3) is 5.69 Å². The first-order chi connectivity index (χ1) is 11.7. The molecule has 3 rings (SSSR count). The summed E-state index contributed by atoms with van der Waals surface area (Å²) in [6, 6.07) is 10.7. The quantitative estimate of drug-likeness (QED) is 0.235. The molecule has 2 heterocycles. The van der Waals surface area contributed by atoms with Gasteiger partial charge in [0.1, 0.15) is 0 Å². The van der Waals surface area contributed by atoms with Crippen molar-refractivity contribution < 1.29 is 4.92 Å². The minimum absolute atomic E-state index is 0. The van der Waals surface area contributed by atoms with Gasteiger partial charge in [0.05, 0.1) is 18.0 Å². The Bertz CT molecular complexity index is 698. The lowest BCUT2D eigenvalue weighted by Gasteiger charge is -2.21. The first kappa shape index (κ1) is 19.6. The Morgan fingerprint density at radius 1 is 1.24 bits per heavy atom. The number of non-ortho nitro benzene ring substituents is 1. The third-order valence-corrected chi connectivity index (χ3v) is 4.84. The van der Waals surface area contributed by atoms with E-state index in [-0.39, 0.29) is 34.6 Å². The monoisotopic (exact) mass is 472 g/mol. The number of halogens is 1. The largest absolute Gasteiger partial charge is 0.351 e. The van der Waals surface area contributed by atoms with Crippen molar-refractivity contribution in [2.75, 3.05) is 13.1 Å². The number of nitro groups is 1. The molecule has 0 spiro atoms. The fraction of sp³-hybridized carbons (Fsp3) is 0.353. The molecule has 25 heavy (non-hydrogen) atoms. The number of hydrogen-bond acceptors (Lipinski definition) is 4. The Kier molecular flexibility index (Phi) is 7.63. The van der Waals surface area contributed by atoms with Crippen molar-refractivity contribution in [3.63, 3.8) is 0 Å². The lowest BCUT2D eigenvalue weighted by molar-refractivity contribution is -0.384. The van der Waals surface area contributed by atoms with E-state index in [1.54, 1.807) is 23.5 Å². The van der Waals surface area contributed by atoms with E-state index in [9.17, 15) is 10.1 Å². The summed E-state index contributed by atoms with van der Waals surface area (Å²) >= 11 is 1.73. The fourth-order valence-electron chi connectivity index (χ4n) is 2.67. The van der Waals surface area contributed by atoms with Crippen LogP contribution in [0.2, 0.25) is 0 Å². The number of nitrogens with one attached hydrogen (secondary N) is 1. The molecule has 1 aliphatic heterocycles. The van der Waals surface area contributed by atoms with Gasteiger partial charge in [-0.15, -0.1) is 35.3 Å². The summed E-state index contributed by atoms with van der Waals surface area (Å²) in [6.45, 7) is 3.33. The highest BCUT2D eigenvalue weighted by Crippen LogP contribution is 2.14. The molecule has 8 heteroatoms. The SMILES string of the molecule is I.O=[N+]([O-])c1ccc(CN=C(NCc2cccs2)N2CCCC2)cc1.